The van der Waals surface area contributed by atoms with Gasteiger partial charge in [0.05, 0.1) is 13.2 Å². The summed E-state index contributed by atoms with van der Waals surface area (Å²) in [5.74, 6) is 2.62. The number of aliphatic imine (C=N–C) groups is 1. The molecule has 1 N–H and O–H groups in total. The molecule has 0 spiro atoms. The maximum atomic E-state index is 5.52. The van der Waals surface area contributed by atoms with Gasteiger partial charge >= 0.3 is 0 Å². The van der Waals surface area contributed by atoms with Gasteiger partial charge in [0.2, 0.25) is 0 Å². The predicted molar refractivity (Wildman–Crippen MR) is 143 cm³/mol. The highest BCUT2D eigenvalue weighted by atomic mass is 127. The number of hydrogen-bond donors (Lipinski definition) is 1. The first-order chi connectivity index (χ1) is 15.1. The molecule has 3 saturated heterocycles. The Balaban J connectivity index is 0.00000289. The van der Waals surface area contributed by atoms with Crippen LogP contribution >= 0.6 is 24.0 Å². The number of nitrogens with one attached hydrogen (secondary N) is 1. The van der Waals surface area contributed by atoms with E-state index in [0.717, 1.165) is 70.3 Å². The van der Waals surface area contributed by atoms with Crippen molar-refractivity contribution in [2.24, 2.45) is 16.8 Å². The second-order valence-electron chi connectivity index (χ2n) is 9.85. The van der Waals surface area contributed by atoms with E-state index < -0.39 is 0 Å². The van der Waals surface area contributed by atoms with E-state index in [2.05, 4.69) is 63.1 Å². The molecule has 6 nitrogen and oxygen atoms in total. The van der Waals surface area contributed by atoms with Crippen molar-refractivity contribution in [1.29, 1.82) is 0 Å². The number of ether oxygens (including phenoxy) is 1. The van der Waals surface area contributed by atoms with Gasteiger partial charge in [0.25, 0.3) is 0 Å². The van der Waals surface area contributed by atoms with Gasteiger partial charge in [-0.15, -0.1) is 24.0 Å². The van der Waals surface area contributed by atoms with E-state index in [1.165, 1.54) is 37.1 Å². The summed E-state index contributed by atoms with van der Waals surface area (Å²) in [4.78, 5) is 12.3. The van der Waals surface area contributed by atoms with Gasteiger partial charge in [0, 0.05) is 65.4 Å². The predicted octanol–water partition coefficient (Wildman–Crippen LogP) is 3.26. The molecule has 0 radical (unpaired) electrons. The largest absolute Gasteiger partial charge is 0.379 e. The molecule has 3 unspecified atom stereocenters. The number of likely N-dealkylation sites (tertiary alicyclic amines) is 2. The van der Waals surface area contributed by atoms with E-state index in [-0.39, 0.29) is 24.0 Å². The molecule has 0 aliphatic carbocycles. The first-order valence-corrected chi connectivity index (χ1v) is 12.2. The maximum Gasteiger partial charge on any atom is 0.193 e. The molecule has 1 aromatic rings. The average molecular weight is 556 g/mol. The van der Waals surface area contributed by atoms with E-state index in [1.54, 1.807) is 0 Å². The van der Waals surface area contributed by atoms with Crippen LogP contribution in [0.15, 0.2) is 29.3 Å². The second-order valence-corrected chi connectivity index (χ2v) is 9.85. The van der Waals surface area contributed by atoms with Crippen LogP contribution in [0.4, 0.5) is 0 Å². The van der Waals surface area contributed by atoms with Crippen molar-refractivity contribution in [3.63, 3.8) is 0 Å². The lowest BCUT2D eigenvalue weighted by Crippen LogP contribution is -2.46. The molecule has 0 aromatic heterocycles. The highest BCUT2D eigenvalue weighted by Crippen LogP contribution is 2.23. The Kier molecular flexibility index (Phi) is 10.1. The summed E-state index contributed by atoms with van der Waals surface area (Å²) in [6.07, 6.45) is 2.57. The van der Waals surface area contributed by atoms with Crippen molar-refractivity contribution in [3.8, 4) is 0 Å². The van der Waals surface area contributed by atoms with Crippen LogP contribution in [-0.2, 0) is 17.8 Å². The minimum atomic E-state index is 0. The number of benzene rings is 1. The van der Waals surface area contributed by atoms with Crippen LogP contribution in [0.1, 0.15) is 37.8 Å². The molecule has 32 heavy (non-hydrogen) atoms. The zero-order valence-electron chi connectivity index (χ0n) is 20.1. The summed E-state index contributed by atoms with van der Waals surface area (Å²) in [6.45, 7) is 15.1. The summed E-state index contributed by atoms with van der Waals surface area (Å²) in [7, 11) is 1.91. The van der Waals surface area contributed by atoms with Crippen molar-refractivity contribution >= 4 is 29.9 Å². The van der Waals surface area contributed by atoms with Gasteiger partial charge in [-0.2, -0.15) is 0 Å². The van der Waals surface area contributed by atoms with Gasteiger partial charge in [-0.05, 0) is 35.8 Å². The maximum absolute atomic E-state index is 5.52. The fourth-order valence-electron chi connectivity index (χ4n) is 5.73. The van der Waals surface area contributed by atoms with Crippen LogP contribution in [-0.4, -0.2) is 86.2 Å². The molecule has 3 fully saturated rings. The van der Waals surface area contributed by atoms with Crippen LogP contribution in [0.3, 0.4) is 0 Å². The molecule has 1 aromatic carbocycles. The topological polar surface area (TPSA) is 43.3 Å². The van der Waals surface area contributed by atoms with Crippen LogP contribution in [0, 0.1) is 11.8 Å². The zero-order valence-corrected chi connectivity index (χ0v) is 22.5. The van der Waals surface area contributed by atoms with Crippen molar-refractivity contribution in [2.45, 2.75) is 45.8 Å². The van der Waals surface area contributed by atoms with Crippen molar-refractivity contribution < 1.29 is 4.74 Å². The smallest absolute Gasteiger partial charge is 0.193 e. The third kappa shape index (κ3) is 6.81. The zero-order chi connectivity index (χ0) is 21.6. The Morgan fingerprint density at radius 1 is 1.03 bits per heavy atom. The third-order valence-electron chi connectivity index (χ3n) is 7.13. The molecule has 0 saturated carbocycles. The van der Waals surface area contributed by atoms with Gasteiger partial charge in [0.1, 0.15) is 0 Å². The molecule has 0 amide bonds. The lowest BCUT2D eigenvalue weighted by atomic mass is 9.91. The van der Waals surface area contributed by atoms with E-state index in [4.69, 9.17) is 4.74 Å². The Morgan fingerprint density at radius 2 is 1.72 bits per heavy atom. The molecular weight excluding hydrogens is 513 g/mol. The van der Waals surface area contributed by atoms with Gasteiger partial charge in [-0.3, -0.25) is 14.8 Å². The number of rotatable bonds is 5. The highest BCUT2D eigenvalue weighted by Gasteiger charge is 2.30. The molecule has 3 heterocycles. The number of morpholine rings is 1. The van der Waals surface area contributed by atoms with Crippen LogP contribution in [0.2, 0.25) is 0 Å². The summed E-state index contributed by atoms with van der Waals surface area (Å²) >= 11 is 0. The number of piperidine rings is 1. The highest BCUT2D eigenvalue weighted by molar-refractivity contribution is 14.0. The summed E-state index contributed by atoms with van der Waals surface area (Å²) in [6, 6.07) is 9.53. The van der Waals surface area contributed by atoms with Crippen LogP contribution in [0.25, 0.3) is 0 Å². The molecule has 3 aliphatic rings. The third-order valence-corrected chi connectivity index (χ3v) is 7.13. The molecule has 3 atom stereocenters. The molecule has 4 rings (SSSR count). The fourth-order valence-corrected chi connectivity index (χ4v) is 5.73. The Bertz CT molecular complexity index is 729. The van der Waals surface area contributed by atoms with E-state index in [0.29, 0.717) is 6.04 Å². The minimum Gasteiger partial charge on any atom is -0.379 e. The first-order valence-electron chi connectivity index (χ1n) is 12.2. The van der Waals surface area contributed by atoms with E-state index in [1.807, 2.05) is 7.05 Å². The van der Waals surface area contributed by atoms with Gasteiger partial charge in [-0.1, -0.05) is 38.1 Å². The molecular formula is C25H42IN5O. The van der Waals surface area contributed by atoms with Crippen molar-refractivity contribution in [1.82, 2.24) is 20.0 Å². The lowest BCUT2D eigenvalue weighted by Gasteiger charge is -2.35. The SMILES string of the molecule is CN=C(NCc1ccccc1CN1CC(C)CC(C)C1)N1CCC(N2CCOCC2)C1.I. The average Bonchev–Trinajstić information content (AvgIpc) is 3.25. The van der Waals surface area contributed by atoms with Crippen molar-refractivity contribution in [2.75, 3.05) is 59.5 Å². The summed E-state index contributed by atoms with van der Waals surface area (Å²) in [5, 5.41) is 3.66. The number of guanidine groups is 1. The quantitative estimate of drug-likeness (QED) is 0.344. The first kappa shape index (κ1) is 25.7. The van der Waals surface area contributed by atoms with Crippen LogP contribution < -0.4 is 5.32 Å². The number of nitrogens with zero attached hydrogens (tertiary/aromatic N) is 4. The fraction of sp³-hybridized carbons (Fsp3) is 0.720. The summed E-state index contributed by atoms with van der Waals surface area (Å²) < 4.78 is 5.52. The number of hydrogen-bond acceptors (Lipinski definition) is 4. The molecule has 3 aliphatic heterocycles. The number of halogens is 1. The standard InChI is InChI=1S/C25H41N5O.HI/c1-20-14-21(2)17-28(16-20)18-23-7-5-4-6-22(23)15-27-25(26-3)30-9-8-24(19-30)29-10-12-31-13-11-29;/h4-7,20-21,24H,8-19H2,1-3H3,(H,26,27);1H. The van der Waals surface area contributed by atoms with Gasteiger partial charge in [0.15, 0.2) is 5.96 Å². The molecule has 7 heteroatoms. The monoisotopic (exact) mass is 555 g/mol. The van der Waals surface area contributed by atoms with Gasteiger partial charge in [-0.25, -0.2) is 0 Å². The lowest BCUT2D eigenvalue weighted by molar-refractivity contribution is 0.0195. The summed E-state index contributed by atoms with van der Waals surface area (Å²) in [5.41, 5.74) is 2.83. The molecule has 0 bridgehead atoms. The Labute approximate surface area is 211 Å². The van der Waals surface area contributed by atoms with Gasteiger partial charge < -0.3 is 15.0 Å². The molecule has 180 valence electrons. The van der Waals surface area contributed by atoms with Crippen LogP contribution in [0.5, 0.6) is 0 Å². The normalized spacial score (nSPS) is 27.9. The van der Waals surface area contributed by atoms with E-state index >= 15 is 0 Å². The minimum absolute atomic E-state index is 0. The second kappa shape index (κ2) is 12.5. The van der Waals surface area contributed by atoms with E-state index in [9.17, 15) is 0 Å². The Hall–Kier alpha value is -0.900. The van der Waals surface area contributed by atoms with Crippen molar-refractivity contribution in [3.05, 3.63) is 35.4 Å². The Morgan fingerprint density at radius 3 is 2.41 bits per heavy atom.